The van der Waals surface area contributed by atoms with Crippen LogP contribution >= 0.6 is 12.2 Å². The highest BCUT2D eigenvalue weighted by molar-refractivity contribution is 7.71. The molecule has 36 heavy (non-hydrogen) atoms. The van der Waals surface area contributed by atoms with Crippen molar-refractivity contribution in [2.24, 2.45) is 5.10 Å². The van der Waals surface area contributed by atoms with Crippen LogP contribution in [0.4, 0.5) is 17.1 Å². The summed E-state index contributed by atoms with van der Waals surface area (Å²) in [6.07, 6.45) is 1.78. The second kappa shape index (κ2) is 10.8. The SMILES string of the molecule is CCOc1ccc(-c2n[nH]c(=S)n2N=Cc2ccc(N(c3ccccc3)c3ccccc3)cc2)cc1. The molecule has 7 heteroatoms. The monoisotopic (exact) mass is 491 g/mol. The van der Waals surface area contributed by atoms with Gasteiger partial charge in [-0.2, -0.15) is 14.9 Å². The molecule has 4 aromatic carbocycles. The van der Waals surface area contributed by atoms with Crippen LogP contribution in [0, 0.1) is 4.77 Å². The van der Waals surface area contributed by atoms with E-state index in [0.717, 1.165) is 33.9 Å². The lowest BCUT2D eigenvalue weighted by Gasteiger charge is -2.25. The average molecular weight is 492 g/mol. The largest absolute Gasteiger partial charge is 0.494 e. The zero-order chi connectivity index (χ0) is 24.7. The zero-order valence-corrected chi connectivity index (χ0v) is 20.6. The first kappa shape index (κ1) is 23.3. The predicted octanol–water partition coefficient (Wildman–Crippen LogP) is 7.36. The number of anilines is 3. The molecular weight excluding hydrogens is 466 g/mol. The maximum atomic E-state index is 5.53. The lowest BCUT2D eigenvalue weighted by molar-refractivity contribution is 0.340. The van der Waals surface area contributed by atoms with E-state index >= 15 is 0 Å². The summed E-state index contributed by atoms with van der Waals surface area (Å²) in [5.74, 6) is 1.45. The average Bonchev–Trinajstić information content (AvgIpc) is 3.30. The van der Waals surface area contributed by atoms with Crippen molar-refractivity contribution in [3.05, 3.63) is 120 Å². The molecule has 5 rings (SSSR count). The number of aromatic amines is 1. The summed E-state index contributed by atoms with van der Waals surface area (Å²) in [5, 5.41) is 11.8. The predicted molar refractivity (Wildman–Crippen MR) is 148 cm³/mol. The Hall–Kier alpha value is -4.49. The van der Waals surface area contributed by atoms with Gasteiger partial charge in [0.2, 0.25) is 4.77 Å². The van der Waals surface area contributed by atoms with Crippen molar-refractivity contribution in [3.8, 4) is 17.1 Å². The van der Waals surface area contributed by atoms with Crippen LogP contribution in [0.1, 0.15) is 12.5 Å². The molecule has 0 atom stereocenters. The fourth-order valence-electron chi connectivity index (χ4n) is 3.89. The molecule has 0 fully saturated rings. The molecule has 0 unspecified atom stereocenters. The Balaban J connectivity index is 1.41. The fourth-order valence-corrected chi connectivity index (χ4v) is 4.07. The highest BCUT2D eigenvalue weighted by Gasteiger charge is 2.12. The van der Waals surface area contributed by atoms with Crippen LogP contribution in [0.2, 0.25) is 0 Å². The molecule has 1 heterocycles. The van der Waals surface area contributed by atoms with Gasteiger partial charge in [0, 0.05) is 22.6 Å². The summed E-state index contributed by atoms with van der Waals surface area (Å²) in [7, 11) is 0. The van der Waals surface area contributed by atoms with E-state index in [4.69, 9.17) is 17.0 Å². The number of nitrogens with zero attached hydrogens (tertiary/aromatic N) is 4. The molecule has 0 amide bonds. The van der Waals surface area contributed by atoms with E-state index in [1.54, 1.807) is 10.9 Å². The van der Waals surface area contributed by atoms with E-state index < -0.39 is 0 Å². The minimum atomic E-state index is 0.422. The van der Waals surface area contributed by atoms with Gasteiger partial charge in [0.15, 0.2) is 5.82 Å². The van der Waals surface area contributed by atoms with E-state index in [2.05, 4.69) is 56.6 Å². The first-order chi connectivity index (χ1) is 17.7. The third-order valence-electron chi connectivity index (χ3n) is 5.58. The van der Waals surface area contributed by atoms with E-state index in [0.29, 0.717) is 17.2 Å². The Labute approximate surface area is 215 Å². The van der Waals surface area contributed by atoms with Crippen LogP contribution < -0.4 is 9.64 Å². The van der Waals surface area contributed by atoms with Crippen molar-refractivity contribution in [3.63, 3.8) is 0 Å². The molecule has 0 aliphatic rings. The molecule has 0 bridgehead atoms. The van der Waals surface area contributed by atoms with Crippen molar-refractivity contribution in [2.75, 3.05) is 11.5 Å². The van der Waals surface area contributed by atoms with Gasteiger partial charge in [-0.15, -0.1) is 0 Å². The maximum absolute atomic E-state index is 5.53. The quantitative estimate of drug-likeness (QED) is 0.182. The minimum absolute atomic E-state index is 0.422. The fraction of sp³-hybridized carbons (Fsp3) is 0.0690. The van der Waals surface area contributed by atoms with Gasteiger partial charge < -0.3 is 9.64 Å². The van der Waals surface area contributed by atoms with E-state index in [1.807, 2.05) is 79.7 Å². The number of aromatic nitrogens is 3. The van der Waals surface area contributed by atoms with E-state index in [-0.39, 0.29) is 0 Å². The standard InChI is InChI=1S/C29H25N5OS/c1-2-35-27-19-15-23(16-20-27)28-31-32-29(36)34(28)30-21-22-13-17-26(18-14-22)33(24-9-5-3-6-10-24)25-11-7-4-8-12-25/h3-21H,2H2,1H3,(H,32,36). The third kappa shape index (κ3) is 5.11. The number of rotatable bonds is 8. The molecule has 0 saturated heterocycles. The number of benzene rings is 4. The van der Waals surface area contributed by atoms with Crippen LogP contribution in [0.15, 0.2) is 114 Å². The van der Waals surface area contributed by atoms with Crippen LogP contribution in [-0.4, -0.2) is 27.7 Å². The van der Waals surface area contributed by atoms with Crippen molar-refractivity contribution >= 4 is 35.5 Å². The topological polar surface area (TPSA) is 58.4 Å². The Morgan fingerprint density at radius 3 is 2.00 bits per heavy atom. The molecule has 1 aromatic heterocycles. The molecule has 0 radical (unpaired) electrons. The second-order valence-electron chi connectivity index (χ2n) is 7.96. The lowest BCUT2D eigenvalue weighted by atomic mass is 10.1. The summed E-state index contributed by atoms with van der Waals surface area (Å²) < 4.78 is 7.58. The molecule has 178 valence electrons. The van der Waals surface area contributed by atoms with Gasteiger partial charge in [-0.05, 0) is 85.4 Å². The van der Waals surface area contributed by atoms with Crippen LogP contribution in [-0.2, 0) is 0 Å². The Morgan fingerprint density at radius 1 is 0.833 bits per heavy atom. The molecule has 0 saturated carbocycles. The zero-order valence-electron chi connectivity index (χ0n) is 19.8. The summed E-state index contributed by atoms with van der Waals surface area (Å²) in [6.45, 7) is 2.58. The van der Waals surface area contributed by atoms with E-state index in [9.17, 15) is 0 Å². The highest BCUT2D eigenvalue weighted by atomic mass is 32.1. The number of nitrogens with one attached hydrogen (secondary N) is 1. The molecule has 0 aliphatic heterocycles. The van der Waals surface area contributed by atoms with Crippen LogP contribution in [0.25, 0.3) is 11.4 Å². The summed E-state index contributed by atoms with van der Waals surface area (Å²) in [5.41, 5.74) is 5.07. The summed E-state index contributed by atoms with van der Waals surface area (Å²) >= 11 is 5.42. The maximum Gasteiger partial charge on any atom is 0.216 e. The number of hydrogen-bond donors (Lipinski definition) is 1. The number of para-hydroxylation sites is 2. The van der Waals surface area contributed by atoms with Gasteiger partial charge >= 0.3 is 0 Å². The molecule has 0 aliphatic carbocycles. The van der Waals surface area contributed by atoms with Gasteiger partial charge in [-0.3, -0.25) is 0 Å². The number of H-pyrrole nitrogens is 1. The molecule has 5 aromatic rings. The Kier molecular flexibility index (Phi) is 7.00. The molecular formula is C29H25N5OS. The van der Waals surface area contributed by atoms with Gasteiger partial charge in [-0.25, -0.2) is 5.10 Å². The van der Waals surface area contributed by atoms with Crippen molar-refractivity contribution in [1.82, 2.24) is 14.9 Å². The van der Waals surface area contributed by atoms with Gasteiger partial charge in [0.25, 0.3) is 0 Å². The van der Waals surface area contributed by atoms with Crippen molar-refractivity contribution < 1.29 is 4.74 Å². The second-order valence-corrected chi connectivity index (χ2v) is 8.35. The Morgan fingerprint density at radius 2 is 1.42 bits per heavy atom. The van der Waals surface area contributed by atoms with Crippen LogP contribution in [0.5, 0.6) is 5.75 Å². The van der Waals surface area contributed by atoms with Crippen LogP contribution in [0.3, 0.4) is 0 Å². The lowest BCUT2D eigenvalue weighted by Crippen LogP contribution is -2.09. The van der Waals surface area contributed by atoms with Gasteiger partial charge in [-0.1, -0.05) is 48.5 Å². The van der Waals surface area contributed by atoms with Crippen molar-refractivity contribution in [2.45, 2.75) is 6.92 Å². The van der Waals surface area contributed by atoms with Gasteiger partial charge in [0.05, 0.1) is 12.8 Å². The molecule has 1 N–H and O–H groups in total. The Bertz CT molecular complexity index is 1450. The summed E-state index contributed by atoms with van der Waals surface area (Å²) in [6, 6.07) is 36.6. The first-order valence-electron chi connectivity index (χ1n) is 11.7. The third-order valence-corrected chi connectivity index (χ3v) is 5.84. The molecule has 0 spiro atoms. The highest BCUT2D eigenvalue weighted by Crippen LogP contribution is 2.34. The first-order valence-corrected chi connectivity index (χ1v) is 12.1. The van der Waals surface area contributed by atoms with E-state index in [1.165, 1.54) is 0 Å². The number of ether oxygens (including phenoxy) is 1. The molecule has 6 nitrogen and oxygen atoms in total. The van der Waals surface area contributed by atoms with Crippen molar-refractivity contribution in [1.29, 1.82) is 0 Å². The smallest absolute Gasteiger partial charge is 0.216 e. The minimum Gasteiger partial charge on any atom is -0.494 e. The normalized spacial score (nSPS) is 11.0. The number of hydrogen-bond acceptors (Lipinski definition) is 5. The van der Waals surface area contributed by atoms with Gasteiger partial charge in [0.1, 0.15) is 5.75 Å². The summed E-state index contributed by atoms with van der Waals surface area (Å²) in [4.78, 5) is 2.22.